The minimum atomic E-state index is -1.27. The number of aromatic amines is 1. The summed E-state index contributed by atoms with van der Waals surface area (Å²) in [5.74, 6) is -0.858. The number of nitrogens with zero attached hydrogens (tertiary/aromatic N) is 2. The van der Waals surface area contributed by atoms with Crippen LogP contribution in [0.5, 0.6) is 0 Å². The van der Waals surface area contributed by atoms with Crippen LogP contribution >= 0.6 is 0 Å². The van der Waals surface area contributed by atoms with E-state index >= 15 is 0 Å². The number of benzene rings is 1. The Hall–Kier alpha value is -2.63. The first-order valence-electron chi connectivity index (χ1n) is 6.29. The van der Waals surface area contributed by atoms with Crippen LogP contribution in [0.2, 0.25) is 0 Å². The molecule has 2 aromatic rings. The molecule has 6 nitrogen and oxygen atoms in total. The first kappa shape index (κ1) is 12.4. The molecular weight excluding hydrogens is 258 g/mol. The Morgan fingerprint density at radius 3 is 2.75 bits per heavy atom. The lowest BCUT2D eigenvalue weighted by atomic mass is 10.0. The number of carboxylic acids is 1. The largest absolute Gasteiger partial charge is 0.477 e. The number of H-pyrrole nitrogens is 1. The molecule has 1 aromatic heterocycles. The minimum absolute atomic E-state index is 0.342. The van der Waals surface area contributed by atoms with Crippen LogP contribution in [-0.2, 0) is 13.0 Å². The van der Waals surface area contributed by atoms with Crippen molar-refractivity contribution in [2.75, 3.05) is 11.4 Å². The Labute approximate surface area is 114 Å². The number of aromatic nitrogens is 2. The van der Waals surface area contributed by atoms with Crippen LogP contribution in [0.25, 0.3) is 0 Å². The number of carbonyl (C=O) groups is 1. The smallest absolute Gasteiger partial charge is 0.342 e. The topological polar surface area (TPSA) is 86.3 Å². The molecule has 102 valence electrons. The molecule has 0 amide bonds. The third-order valence-corrected chi connectivity index (χ3v) is 3.45. The fraction of sp³-hybridized carbons (Fsp3) is 0.214. The molecule has 0 spiro atoms. The predicted molar refractivity (Wildman–Crippen MR) is 73.0 cm³/mol. The summed E-state index contributed by atoms with van der Waals surface area (Å²) in [4.78, 5) is 31.0. The average molecular weight is 271 g/mol. The SMILES string of the molecule is O=C(O)c1cnc(N2CCc3ccccc3C2)[nH]c1=O. The second-order valence-corrected chi connectivity index (χ2v) is 4.70. The highest BCUT2D eigenvalue weighted by Crippen LogP contribution is 2.20. The number of hydrogen-bond donors (Lipinski definition) is 2. The number of hydrogen-bond acceptors (Lipinski definition) is 4. The molecule has 0 unspecified atom stereocenters. The maximum absolute atomic E-state index is 11.7. The summed E-state index contributed by atoms with van der Waals surface area (Å²) in [6.45, 7) is 1.40. The van der Waals surface area contributed by atoms with Crippen molar-refractivity contribution in [2.24, 2.45) is 0 Å². The quantitative estimate of drug-likeness (QED) is 0.852. The van der Waals surface area contributed by atoms with E-state index in [1.54, 1.807) is 0 Å². The Morgan fingerprint density at radius 2 is 2.05 bits per heavy atom. The predicted octanol–water partition coefficient (Wildman–Crippen LogP) is 1.03. The fourth-order valence-corrected chi connectivity index (χ4v) is 2.38. The highest BCUT2D eigenvalue weighted by Gasteiger charge is 2.19. The summed E-state index contributed by atoms with van der Waals surface area (Å²) < 4.78 is 0. The minimum Gasteiger partial charge on any atom is -0.477 e. The van der Waals surface area contributed by atoms with E-state index < -0.39 is 11.5 Å². The second-order valence-electron chi connectivity index (χ2n) is 4.70. The molecule has 1 aliphatic heterocycles. The molecule has 0 radical (unpaired) electrons. The lowest BCUT2D eigenvalue weighted by Gasteiger charge is -2.29. The first-order valence-corrected chi connectivity index (χ1v) is 6.29. The van der Waals surface area contributed by atoms with E-state index in [9.17, 15) is 9.59 Å². The van der Waals surface area contributed by atoms with Gasteiger partial charge in [0.15, 0.2) is 0 Å². The number of anilines is 1. The highest BCUT2D eigenvalue weighted by molar-refractivity contribution is 5.86. The van der Waals surface area contributed by atoms with E-state index in [0.29, 0.717) is 12.5 Å². The van der Waals surface area contributed by atoms with Crippen LogP contribution < -0.4 is 10.5 Å². The average Bonchev–Trinajstić information content (AvgIpc) is 2.46. The van der Waals surface area contributed by atoms with Gasteiger partial charge in [-0.15, -0.1) is 0 Å². The second kappa shape index (κ2) is 4.80. The van der Waals surface area contributed by atoms with Gasteiger partial charge in [0, 0.05) is 13.1 Å². The number of rotatable bonds is 2. The third kappa shape index (κ3) is 2.16. The van der Waals surface area contributed by atoms with Crippen LogP contribution in [0.3, 0.4) is 0 Å². The number of carboxylic acid groups (broad SMARTS) is 1. The monoisotopic (exact) mass is 271 g/mol. The van der Waals surface area contributed by atoms with Crippen LogP contribution in [0, 0.1) is 0 Å². The Morgan fingerprint density at radius 1 is 1.30 bits per heavy atom. The zero-order valence-corrected chi connectivity index (χ0v) is 10.7. The van der Waals surface area contributed by atoms with Gasteiger partial charge in [-0.1, -0.05) is 24.3 Å². The van der Waals surface area contributed by atoms with Gasteiger partial charge < -0.3 is 10.0 Å². The molecule has 1 aromatic carbocycles. The summed E-state index contributed by atoms with van der Waals surface area (Å²) in [6, 6.07) is 8.13. The van der Waals surface area contributed by atoms with E-state index in [1.165, 1.54) is 11.1 Å². The van der Waals surface area contributed by atoms with Crippen LogP contribution in [0.1, 0.15) is 21.5 Å². The van der Waals surface area contributed by atoms with Gasteiger partial charge in [-0.3, -0.25) is 9.78 Å². The van der Waals surface area contributed by atoms with Crippen molar-refractivity contribution in [3.05, 3.63) is 57.5 Å². The zero-order chi connectivity index (χ0) is 14.1. The number of nitrogens with one attached hydrogen (secondary N) is 1. The highest BCUT2D eigenvalue weighted by atomic mass is 16.4. The van der Waals surface area contributed by atoms with Gasteiger partial charge in [0.25, 0.3) is 5.56 Å². The van der Waals surface area contributed by atoms with Gasteiger partial charge in [-0.2, -0.15) is 0 Å². The molecule has 0 aliphatic carbocycles. The van der Waals surface area contributed by atoms with Gasteiger partial charge in [0.2, 0.25) is 5.95 Å². The molecule has 3 rings (SSSR count). The maximum atomic E-state index is 11.7. The lowest BCUT2D eigenvalue weighted by Crippen LogP contribution is -2.33. The van der Waals surface area contributed by atoms with Gasteiger partial charge >= 0.3 is 5.97 Å². The van der Waals surface area contributed by atoms with E-state index in [-0.39, 0.29) is 5.56 Å². The molecule has 0 fully saturated rings. The Balaban J connectivity index is 1.90. The van der Waals surface area contributed by atoms with E-state index in [0.717, 1.165) is 19.2 Å². The van der Waals surface area contributed by atoms with Crippen molar-refractivity contribution < 1.29 is 9.90 Å². The third-order valence-electron chi connectivity index (χ3n) is 3.45. The van der Waals surface area contributed by atoms with Crippen molar-refractivity contribution in [1.29, 1.82) is 0 Å². The molecule has 0 saturated carbocycles. The van der Waals surface area contributed by atoms with Crippen LogP contribution in [-0.4, -0.2) is 27.6 Å². The first-order chi connectivity index (χ1) is 9.65. The van der Waals surface area contributed by atoms with Crippen molar-refractivity contribution in [3.63, 3.8) is 0 Å². The van der Waals surface area contributed by atoms with Gasteiger partial charge in [0.05, 0.1) is 6.20 Å². The summed E-state index contributed by atoms with van der Waals surface area (Å²) in [5.41, 5.74) is 1.53. The summed E-state index contributed by atoms with van der Waals surface area (Å²) in [5, 5.41) is 8.82. The Kier molecular flexibility index (Phi) is 2.98. The maximum Gasteiger partial charge on any atom is 0.342 e. The number of aromatic carboxylic acids is 1. The fourth-order valence-electron chi connectivity index (χ4n) is 2.38. The zero-order valence-electron chi connectivity index (χ0n) is 10.7. The molecule has 0 saturated heterocycles. The molecule has 0 bridgehead atoms. The lowest BCUT2D eigenvalue weighted by molar-refractivity contribution is 0.0694. The summed E-state index contributed by atoms with van der Waals surface area (Å²) in [6.07, 6.45) is 1.98. The Bertz CT molecular complexity index is 724. The summed E-state index contributed by atoms with van der Waals surface area (Å²) >= 11 is 0. The summed E-state index contributed by atoms with van der Waals surface area (Å²) in [7, 11) is 0. The number of fused-ring (bicyclic) bond motifs is 1. The van der Waals surface area contributed by atoms with Crippen molar-refractivity contribution in [2.45, 2.75) is 13.0 Å². The normalized spacial score (nSPS) is 13.9. The molecule has 20 heavy (non-hydrogen) atoms. The van der Waals surface area contributed by atoms with Crippen molar-refractivity contribution in [1.82, 2.24) is 9.97 Å². The standard InChI is InChI=1S/C14H13N3O3/c18-12-11(13(19)20)7-15-14(16-12)17-6-5-9-3-1-2-4-10(9)8-17/h1-4,7H,5-6,8H2,(H,19,20)(H,15,16,18). The van der Waals surface area contributed by atoms with Crippen molar-refractivity contribution >= 4 is 11.9 Å². The molecule has 2 heterocycles. The molecule has 1 aliphatic rings. The molecular formula is C14H13N3O3. The molecule has 2 N–H and O–H groups in total. The van der Waals surface area contributed by atoms with E-state index in [2.05, 4.69) is 16.0 Å². The van der Waals surface area contributed by atoms with Gasteiger partial charge in [-0.25, -0.2) is 9.78 Å². The van der Waals surface area contributed by atoms with Crippen molar-refractivity contribution in [3.8, 4) is 0 Å². The van der Waals surface area contributed by atoms with Gasteiger partial charge in [0.1, 0.15) is 5.56 Å². The molecule has 6 heteroatoms. The van der Waals surface area contributed by atoms with Crippen LogP contribution in [0.15, 0.2) is 35.3 Å². The van der Waals surface area contributed by atoms with E-state index in [1.807, 2.05) is 23.1 Å². The van der Waals surface area contributed by atoms with E-state index in [4.69, 9.17) is 5.11 Å². The van der Waals surface area contributed by atoms with Gasteiger partial charge in [-0.05, 0) is 17.5 Å². The molecule has 0 atom stereocenters. The van der Waals surface area contributed by atoms with Crippen LogP contribution in [0.4, 0.5) is 5.95 Å².